The highest BCUT2D eigenvalue weighted by Crippen LogP contribution is 2.14. The van der Waals surface area contributed by atoms with Gasteiger partial charge in [-0.25, -0.2) is 4.79 Å². The van der Waals surface area contributed by atoms with E-state index in [1.54, 1.807) is 7.11 Å². The van der Waals surface area contributed by atoms with Gasteiger partial charge in [-0.1, -0.05) is 24.3 Å². The number of aryl methyl sites for hydroxylation is 1. The summed E-state index contributed by atoms with van der Waals surface area (Å²) in [5.41, 5.74) is 2.27. The first-order valence-corrected chi connectivity index (χ1v) is 8.43. The molecule has 1 unspecified atom stereocenters. The molecule has 25 heavy (non-hydrogen) atoms. The molecule has 5 heteroatoms. The second-order valence-corrected chi connectivity index (χ2v) is 6.02. The normalized spacial score (nSPS) is 11.5. The summed E-state index contributed by atoms with van der Waals surface area (Å²) >= 11 is 0. The Morgan fingerprint density at radius 3 is 2.64 bits per heavy atom. The molecule has 0 saturated heterocycles. The maximum Gasteiger partial charge on any atom is 0.315 e. The van der Waals surface area contributed by atoms with Crippen LogP contribution in [-0.4, -0.2) is 32.3 Å². The van der Waals surface area contributed by atoms with Gasteiger partial charge >= 0.3 is 6.03 Å². The highest BCUT2D eigenvalue weighted by molar-refractivity contribution is 5.74. The van der Waals surface area contributed by atoms with Crippen molar-refractivity contribution in [1.29, 1.82) is 0 Å². The molecule has 2 rings (SSSR count). The average Bonchev–Trinajstić information content (AvgIpc) is 2.59. The summed E-state index contributed by atoms with van der Waals surface area (Å²) in [6.07, 6.45) is 0.740. The van der Waals surface area contributed by atoms with Crippen molar-refractivity contribution in [1.82, 2.24) is 10.6 Å². The minimum absolute atomic E-state index is 0.0183. The zero-order valence-corrected chi connectivity index (χ0v) is 15.0. The van der Waals surface area contributed by atoms with Crippen LogP contribution in [0.4, 0.5) is 4.79 Å². The maximum absolute atomic E-state index is 11.9. The fourth-order valence-electron chi connectivity index (χ4n) is 2.52. The van der Waals surface area contributed by atoms with E-state index in [2.05, 4.69) is 10.6 Å². The van der Waals surface area contributed by atoms with E-state index in [-0.39, 0.29) is 12.1 Å². The summed E-state index contributed by atoms with van der Waals surface area (Å²) < 4.78 is 10.8. The van der Waals surface area contributed by atoms with E-state index in [9.17, 15) is 4.79 Å². The van der Waals surface area contributed by atoms with E-state index in [1.165, 1.54) is 0 Å². The number of carbonyl (C=O) groups excluding carboxylic acids is 1. The molecule has 0 heterocycles. The molecule has 134 valence electrons. The van der Waals surface area contributed by atoms with Crippen LogP contribution in [0.2, 0.25) is 0 Å². The van der Waals surface area contributed by atoms with Crippen LogP contribution in [0, 0.1) is 6.92 Å². The van der Waals surface area contributed by atoms with Crippen molar-refractivity contribution in [3.8, 4) is 11.5 Å². The third-order valence-corrected chi connectivity index (χ3v) is 3.70. The number of urea groups is 1. The third-order valence-electron chi connectivity index (χ3n) is 3.70. The summed E-state index contributed by atoms with van der Waals surface area (Å²) in [7, 11) is 1.65. The lowest BCUT2D eigenvalue weighted by Crippen LogP contribution is -2.43. The monoisotopic (exact) mass is 342 g/mol. The van der Waals surface area contributed by atoms with Crippen molar-refractivity contribution in [2.75, 3.05) is 20.3 Å². The molecule has 0 fully saturated rings. The fourth-order valence-corrected chi connectivity index (χ4v) is 2.52. The number of nitrogens with one attached hydrogen (secondary N) is 2. The number of carbonyl (C=O) groups is 1. The predicted molar refractivity (Wildman–Crippen MR) is 99.4 cm³/mol. The van der Waals surface area contributed by atoms with Crippen molar-refractivity contribution >= 4 is 6.03 Å². The van der Waals surface area contributed by atoms with E-state index in [0.717, 1.165) is 29.0 Å². The Morgan fingerprint density at radius 2 is 1.88 bits per heavy atom. The Hall–Kier alpha value is -2.69. The Labute approximate surface area is 149 Å². The van der Waals surface area contributed by atoms with Gasteiger partial charge in [-0.05, 0) is 55.7 Å². The first kappa shape index (κ1) is 18.6. The smallest absolute Gasteiger partial charge is 0.315 e. The van der Waals surface area contributed by atoms with Crippen LogP contribution in [0.15, 0.2) is 48.5 Å². The largest absolute Gasteiger partial charge is 0.497 e. The number of methoxy groups -OCH3 is 1. The van der Waals surface area contributed by atoms with E-state index in [1.807, 2.05) is 62.4 Å². The lowest BCUT2D eigenvalue weighted by Gasteiger charge is -2.15. The SMILES string of the molecule is COc1cccc(CC(C)NC(=O)NCCOc2cccc(C)c2)c1. The third kappa shape index (κ3) is 6.75. The molecular weight excluding hydrogens is 316 g/mol. The van der Waals surface area contributed by atoms with E-state index in [4.69, 9.17) is 9.47 Å². The van der Waals surface area contributed by atoms with Crippen LogP contribution in [-0.2, 0) is 6.42 Å². The van der Waals surface area contributed by atoms with Gasteiger partial charge in [0.2, 0.25) is 0 Å². The number of amides is 2. The first-order valence-electron chi connectivity index (χ1n) is 8.43. The highest BCUT2D eigenvalue weighted by Gasteiger charge is 2.08. The minimum atomic E-state index is -0.191. The minimum Gasteiger partial charge on any atom is -0.497 e. The van der Waals surface area contributed by atoms with Gasteiger partial charge in [0.15, 0.2) is 0 Å². The summed E-state index contributed by atoms with van der Waals surface area (Å²) in [6.45, 7) is 4.87. The number of hydrogen-bond acceptors (Lipinski definition) is 3. The summed E-state index contributed by atoms with van der Waals surface area (Å²) in [5.74, 6) is 1.64. The molecule has 0 aromatic heterocycles. The summed E-state index contributed by atoms with van der Waals surface area (Å²) in [4.78, 5) is 11.9. The Bertz CT molecular complexity index is 688. The van der Waals surface area contributed by atoms with Crippen LogP contribution >= 0.6 is 0 Å². The predicted octanol–water partition coefficient (Wildman–Crippen LogP) is 3.31. The lowest BCUT2D eigenvalue weighted by molar-refractivity contribution is 0.233. The fraction of sp³-hybridized carbons (Fsp3) is 0.350. The van der Waals surface area contributed by atoms with E-state index in [0.29, 0.717) is 13.2 Å². The molecule has 0 aliphatic rings. The molecule has 0 aliphatic carbocycles. The molecule has 1 atom stereocenters. The van der Waals surface area contributed by atoms with Crippen molar-refractivity contribution in [2.45, 2.75) is 26.3 Å². The molecular formula is C20H26N2O3. The van der Waals surface area contributed by atoms with Crippen molar-refractivity contribution < 1.29 is 14.3 Å². The quantitative estimate of drug-likeness (QED) is 0.724. The van der Waals surface area contributed by atoms with Crippen molar-refractivity contribution in [3.05, 3.63) is 59.7 Å². The summed E-state index contributed by atoms with van der Waals surface area (Å²) in [6, 6.07) is 15.5. The van der Waals surface area contributed by atoms with Gasteiger partial charge in [0, 0.05) is 6.04 Å². The second kappa shape index (κ2) is 9.57. The van der Waals surface area contributed by atoms with Crippen LogP contribution < -0.4 is 20.1 Å². The van der Waals surface area contributed by atoms with Crippen LogP contribution in [0.25, 0.3) is 0 Å². The first-order chi connectivity index (χ1) is 12.1. The van der Waals surface area contributed by atoms with Gasteiger partial charge in [0.1, 0.15) is 18.1 Å². The molecule has 0 radical (unpaired) electrons. The zero-order chi connectivity index (χ0) is 18.1. The Kier molecular flexibility index (Phi) is 7.14. The summed E-state index contributed by atoms with van der Waals surface area (Å²) in [5, 5.41) is 5.73. The second-order valence-electron chi connectivity index (χ2n) is 6.02. The van der Waals surface area contributed by atoms with E-state index >= 15 is 0 Å². The lowest BCUT2D eigenvalue weighted by atomic mass is 10.1. The van der Waals surface area contributed by atoms with Crippen LogP contribution in [0.1, 0.15) is 18.1 Å². The molecule has 2 amide bonds. The van der Waals surface area contributed by atoms with Gasteiger partial charge in [0.25, 0.3) is 0 Å². The Morgan fingerprint density at radius 1 is 1.12 bits per heavy atom. The van der Waals surface area contributed by atoms with Gasteiger partial charge in [-0.3, -0.25) is 0 Å². The van der Waals surface area contributed by atoms with Gasteiger partial charge < -0.3 is 20.1 Å². The topological polar surface area (TPSA) is 59.6 Å². The molecule has 5 nitrogen and oxygen atoms in total. The molecule has 2 aromatic carbocycles. The molecule has 0 saturated carbocycles. The van der Waals surface area contributed by atoms with Gasteiger partial charge in [0.05, 0.1) is 13.7 Å². The highest BCUT2D eigenvalue weighted by atomic mass is 16.5. The number of ether oxygens (including phenoxy) is 2. The van der Waals surface area contributed by atoms with E-state index < -0.39 is 0 Å². The number of rotatable bonds is 8. The maximum atomic E-state index is 11.9. The Balaban J connectivity index is 1.67. The van der Waals surface area contributed by atoms with Gasteiger partial charge in [-0.15, -0.1) is 0 Å². The van der Waals surface area contributed by atoms with Crippen molar-refractivity contribution in [2.24, 2.45) is 0 Å². The molecule has 2 N–H and O–H groups in total. The number of benzene rings is 2. The zero-order valence-electron chi connectivity index (χ0n) is 15.0. The molecule has 0 bridgehead atoms. The van der Waals surface area contributed by atoms with Gasteiger partial charge in [-0.2, -0.15) is 0 Å². The molecule has 0 aliphatic heterocycles. The average molecular weight is 342 g/mol. The van der Waals surface area contributed by atoms with Crippen molar-refractivity contribution in [3.63, 3.8) is 0 Å². The molecule has 0 spiro atoms. The molecule has 2 aromatic rings. The number of hydrogen-bond donors (Lipinski definition) is 2. The standard InChI is InChI=1S/C20H26N2O3/c1-15-6-4-9-19(12-15)25-11-10-21-20(23)22-16(2)13-17-7-5-8-18(14-17)24-3/h4-9,12,14,16H,10-11,13H2,1-3H3,(H2,21,22,23). The van der Waals surface area contributed by atoms with Crippen LogP contribution in [0.3, 0.4) is 0 Å². The van der Waals surface area contributed by atoms with Crippen LogP contribution in [0.5, 0.6) is 11.5 Å².